The molecule has 1 heterocycles. The molecule has 4 nitrogen and oxygen atoms in total. The van der Waals surface area contributed by atoms with Crippen molar-refractivity contribution in [2.45, 2.75) is 32.8 Å². The molecular weight excluding hydrogens is 254 g/mol. The molecule has 1 saturated heterocycles. The minimum absolute atomic E-state index is 0.0308. The molecule has 0 aliphatic carbocycles. The molecule has 0 aromatic heterocycles. The van der Waals surface area contributed by atoms with E-state index in [-0.39, 0.29) is 11.9 Å². The molecule has 0 N–H and O–H groups in total. The first-order valence-corrected chi connectivity index (χ1v) is 7.21. The second kappa shape index (κ2) is 6.75. The number of hydrogen-bond acceptors (Lipinski definition) is 4. The summed E-state index contributed by atoms with van der Waals surface area (Å²) in [7, 11) is 1.60. The molecule has 0 saturated carbocycles. The van der Waals surface area contributed by atoms with E-state index in [1.807, 2.05) is 18.2 Å². The summed E-state index contributed by atoms with van der Waals surface area (Å²) in [6, 6.07) is 5.75. The highest BCUT2D eigenvalue weighted by molar-refractivity contribution is 6.02. The van der Waals surface area contributed by atoms with E-state index in [0.717, 1.165) is 38.2 Å². The van der Waals surface area contributed by atoms with Gasteiger partial charge in [-0.15, -0.1) is 0 Å². The van der Waals surface area contributed by atoms with Crippen LogP contribution >= 0.6 is 0 Å². The lowest BCUT2D eigenvalue weighted by Gasteiger charge is -2.28. The van der Waals surface area contributed by atoms with Crippen molar-refractivity contribution in [2.24, 2.45) is 0 Å². The number of nitrogens with zero attached hydrogens (tertiary/aromatic N) is 1. The number of benzene rings is 1. The Hall–Kier alpha value is -1.55. The predicted octanol–water partition coefficient (Wildman–Crippen LogP) is 2.90. The number of ether oxygens (including phenoxy) is 2. The molecule has 0 radical (unpaired) electrons. The topological polar surface area (TPSA) is 38.8 Å². The summed E-state index contributed by atoms with van der Waals surface area (Å²) in [6.45, 7) is 6.19. The molecule has 0 bridgehead atoms. The molecule has 1 aromatic carbocycles. The maximum Gasteiger partial charge on any atom is 0.165 e. The van der Waals surface area contributed by atoms with Gasteiger partial charge in [0.25, 0.3) is 0 Å². The molecular formula is C16H23NO3. The second-order valence-electron chi connectivity index (χ2n) is 5.08. The van der Waals surface area contributed by atoms with Crippen LogP contribution in [0, 0.1) is 0 Å². The summed E-state index contributed by atoms with van der Waals surface area (Å²) in [5.74, 6) is 0.670. The lowest BCUT2D eigenvalue weighted by atomic mass is 10.1. The van der Waals surface area contributed by atoms with Crippen molar-refractivity contribution in [3.8, 4) is 5.75 Å². The first kappa shape index (κ1) is 14.9. The van der Waals surface area contributed by atoms with Crippen LogP contribution in [0.2, 0.25) is 0 Å². The number of methoxy groups -OCH3 is 1. The molecule has 1 fully saturated rings. The van der Waals surface area contributed by atoms with Crippen molar-refractivity contribution in [1.82, 2.24) is 0 Å². The van der Waals surface area contributed by atoms with Crippen molar-refractivity contribution in [3.05, 3.63) is 23.8 Å². The molecule has 1 aromatic rings. The van der Waals surface area contributed by atoms with E-state index in [0.29, 0.717) is 11.3 Å². The number of Topliss-reactive ketones (excluding diaryl/α,β-unsaturated/α-hetero) is 1. The largest absolute Gasteiger partial charge is 0.496 e. The van der Waals surface area contributed by atoms with Gasteiger partial charge in [-0.1, -0.05) is 6.07 Å². The van der Waals surface area contributed by atoms with Crippen LogP contribution in [0.5, 0.6) is 5.75 Å². The number of hydrogen-bond donors (Lipinski definition) is 0. The molecule has 20 heavy (non-hydrogen) atoms. The van der Waals surface area contributed by atoms with E-state index in [1.165, 1.54) is 0 Å². The maximum atomic E-state index is 12.0. The van der Waals surface area contributed by atoms with Crippen molar-refractivity contribution in [2.75, 3.05) is 31.7 Å². The predicted molar refractivity (Wildman–Crippen MR) is 79.9 cm³/mol. The van der Waals surface area contributed by atoms with Crippen molar-refractivity contribution in [1.29, 1.82) is 0 Å². The van der Waals surface area contributed by atoms with E-state index in [9.17, 15) is 4.79 Å². The van der Waals surface area contributed by atoms with Gasteiger partial charge in [0.15, 0.2) is 5.78 Å². The first-order chi connectivity index (χ1) is 9.67. The van der Waals surface area contributed by atoms with Gasteiger partial charge in [-0.05, 0) is 38.8 Å². The molecule has 1 aliphatic heterocycles. The van der Waals surface area contributed by atoms with Crippen LogP contribution < -0.4 is 9.64 Å². The van der Waals surface area contributed by atoms with Gasteiger partial charge in [-0.2, -0.15) is 0 Å². The van der Waals surface area contributed by atoms with Gasteiger partial charge in [-0.25, -0.2) is 0 Å². The summed E-state index contributed by atoms with van der Waals surface area (Å²) in [4.78, 5) is 14.2. The summed E-state index contributed by atoms with van der Waals surface area (Å²) < 4.78 is 11.0. The minimum atomic E-state index is 0.0308. The highest BCUT2D eigenvalue weighted by Gasteiger charge is 2.22. The Labute approximate surface area is 120 Å². The zero-order chi connectivity index (χ0) is 14.5. The summed E-state index contributed by atoms with van der Waals surface area (Å²) >= 11 is 0. The molecule has 1 aliphatic rings. The molecule has 110 valence electrons. The standard InChI is InChI=1S/C16H23NO3/c1-4-17(11-13-7-6-10-20-13)14-8-5-9-15(19-3)16(14)12(2)18/h5,8-9,13H,4,6-7,10-11H2,1-3H3. The molecule has 1 atom stereocenters. The zero-order valence-corrected chi connectivity index (χ0v) is 12.5. The van der Waals surface area contributed by atoms with Crippen LogP contribution in [0.25, 0.3) is 0 Å². The normalized spacial score (nSPS) is 18.1. The summed E-state index contributed by atoms with van der Waals surface area (Å²) in [5.41, 5.74) is 1.60. The zero-order valence-electron chi connectivity index (χ0n) is 12.5. The van der Waals surface area contributed by atoms with Crippen LogP contribution in [-0.4, -0.2) is 38.7 Å². The lowest BCUT2D eigenvalue weighted by Crippen LogP contribution is -2.33. The highest BCUT2D eigenvalue weighted by atomic mass is 16.5. The third kappa shape index (κ3) is 3.12. The number of carbonyl (C=O) groups is 1. The molecule has 4 heteroatoms. The third-order valence-electron chi connectivity index (χ3n) is 3.75. The van der Waals surface area contributed by atoms with Gasteiger partial charge >= 0.3 is 0 Å². The van der Waals surface area contributed by atoms with Gasteiger partial charge in [0.2, 0.25) is 0 Å². The highest BCUT2D eigenvalue weighted by Crippen LogP contribution is 2.30. The summed E-state index contributed by atoms with van der Waals surface area (Å²) in [5, 5.41) is 0. The Kier molecular flexibility index (Phi) is 5.01. The fourth-order valence-electron chi connectivity index (χ4n) is 2.74. The van der Waals surface area contributed by atoms with Crippen LogP contribution in [0.1, 0.15) is 37.0 Å². The van der Waals surface area contributed by atoms with E-state index in [1.54, 1.807) is 14.0 Å². The first-order valence-electron chi connectivity index (χ1n) is 7.21. The number of ketones is 1. The van der Waals surface area contributed by atoms with E-state index in [4.69, 9.17) is 9.47 Å². The van der Waals surface area contributed by atoms with Crippen molar-refractivity contribution < 1.29 is 14.3 Å². The van der Waals surface area contributed by atoms with Crippen molar-refractivity contribution in [3.63, 3.8) is 0 Å². The van der Waals surface area contributed by atoms with E-state index in [2.05, 4.69) is 11.8 Å². The number of rotatable bonds is 6. The molecule has 0 spiro atoms. The fourth-order valence-corrected chi connectivity index (χ4v) is 2.74. The fraction of sp³-hybridized carbons (Fsp3) is 0.562. The SMILES string of the molecule is CCN(CC1CCCO1)c1cccc(OC)c1C(C)=O. The Morgan fingerprint density at radius 2 is 2.30 bits per heavy atom. The monoisotopic (exact) mass is 277 g/mol. The Morgan fingerprint density at radius 3 is 2.85 bits per heavy atom. The Bertz CT molecular complexity index is 467. The maximum absolute atomic E-state index is 12.0. The smallest absolute Gasteiger partial charge is 0.165 e. The lowest BCUT2D eigenvalue weighted by molar-refractivity contribution is 0.101. The van der Waals surface area contributed by atoms with Crippen LogP contribution in [0.3, 0.4) is 0 Å². The number of likely N-dealkylation sites (N-methyl/N-ethyl adjacent to an activating group) is 1. The molecule has 1 unspecified atom stereocenters. The Balaban J connectivity index is 2.30. The average Bonchev–Trinajstić information content (AvgIpc) is 2.96. The van der Waals surface area contributed by atoms with Gasteiger partial charge in [-0.3, -0.25) is 4.79 Å². The number of anilines is 1. The molecule has 0 amide bonds. The van der Waals surface area contributed by atoms with E-state index < -0.39 is 0 Å². The number of carbonyl (C=O) groups excluding carboxylic acids is 1. The summed E-state index contributed by atoms with van der Waals surface area (Å²) in [6.07, 6.45) is 2.48. The third-order valence-corrected chi connectivity index (χ3v) is 3.75. The Morgan fingerprint density at radius 1 is 1.50 bits per heavy atom. The second-order valence-corrected chi connectivity index (χ2v) is 5.08. The van der Waals surface area contributed by atoms with Gasteiger partial charge in [0, 0.05) is 19.7 Å². The molecule has 2 rings (SSSR count). The minimum Gasteiger partial charge on any atom is -0.496 e. The van der Waals surface area contributed by atoms with Gasteiger partial charge < -0.3 is 14.4 Å². The average molecular weight is 277 g/mol. The van der Waals surface area contributed by atoms with Crippen LogP contribution in [0.4, 0.5) is 5.69 Å². The van der Waals surface area contributed by atoms with Crippen LogP contribution in [-0.2, 0) is 4.74 Å². The van der Waals surface area contributed by atoms with Crippen LogP contribution in [0.15, 0.2) is 18.2 Å². The van der Waals surface area contributed by atoms with Gasteiger partial charge in [0.05, 0.1) is 24.5 Å². The van der Waals surface area contributed by atoms with Gasteiger partial charge in [0.1, 0.15) is 5.75 Å². The van der Waals surface area contributed by atoms with Crippen molar-refractivity contribution >= 4 is 11.5 Å². The van der Waals surface area contributed by atoms with E-state index >= 15 is 0 Å². The quantitative estimate of drug-likeness (QED) is 0.749.